The van der Waals surface area contributed by atoms with E-state index in [0.29, 0.717) is 0 Å². The molecule has 1 aliphatic rings. The van der Waals surface area contributed by atoms with Gasteiger partial charge in [0.25, 0.3) is 0 Å². The number of hydrogen-bond acceptors (Lipinski definition) is 2. The molecule has 0 fully saturated rings. The van der Waals surface area contributed by atoms with Gasteiger partial charge in [0.05, 0.1) is 27.9 Å². The molecule has 1 heterocycles. The van der Waals surface area contributed by atoms with E-state index >= 15 is 0 Å². The molecular weight excluding hydrogens is 739 g/mol. The molecular formula is C59H39NO. The first-order valence-corrected chi connectivity index (χ1v) is 21.0. The number of nitrogens with zero attached hydrogens (tertiary/aromatic N) is 1. The molecule has 0 radical (unpaired) electrons. The van der Waals surface area contributed by atoms with E-state index in [-0.39, 0.29) is 0 Å². The molecule has 1 aliphatic carbocycles. The lowest BCUT2D eigenvalue weighted by atomic mass is 9.68. The Hall–Kier alpha value is -7.94. The summed E-state index contributed by atoms with van der Waals surface area (Å²) >= 11 is 0. The van der Waals surface area contributed by atoms with Crippen LogP contribution in [0.2, 0.25) is 0 Å². The Morgan fingerprint density at radius 3 is 1.72 bits per heavy atom. The van der Waals surface area contributed by atoms with E-state index in [1.807, 2.05) is 0 Å². The molecule has 0 amide bonds. The monoisotopic (exact) mass is 777 g/mol. The van der Waals surface area contributed by atoms with Crippen LogP contribution in [0.1, 0.15) is 22.3 Å². The molecule has 0 saturated carbocycles. The first-order valence-electron chi connectivity index (χ1n) is 21.0. The summed E-state index contributed by atoms with van der Waals surface area (Å²) in [6.07, 6.45) is 0. The van der Waals surface area contributed by atoms with Crippen molar-refractivity contribution in [2.24, 2.45) is 0 Å². The molecule has 61 heavy (non-hydrogen) atoms. The Labute approximate surface area is 355 Å². The van der Waals surface area contributed by atoms with Gasteiger partial charge in [0, 0.05) is 22.1 Å². The zero-order valence-electron chi connectivity index (χ0n) is 33.4. The second kappa shape index (κ2) is 14.1. The lowest BCUT2D eigenvalue weighted by Crippen LogP contribution is -2.28. The fourth-order valence-corrected chi connectivity index (χ4v) is 10.2. The van der Waals surface area contributed by atoms with Crippen LogP contribution in [-0.2, 0) is 5.41 Å². The van der Waals surface area contributed by atoms with Crippen molar-refractivity contribution in [3.63, 3.8) is 0 Å². The first kappa shape index (κ1) is 35.0. The van der Waals surface area contributed by atoms with E-state index in [1.165, 1.54) is 44.2 Å². The number of hydrogen-bond donors (Lipinski definition) is 0. The van der Waals surface area contributed by atoms with Gasteiger partial charge in [-0.05, 0) is 80.0 Å². The van der Waals surface area contributed by atoms with Gasteiger partial charge in [-0.2, -0.15) is 0 Å². The third-order valence-corrected chi connectivity index (χ3v) is 12.7. The topological polar surface area (TPSA) is 16.4 Å². The van der Waals surface area contributed by atoms with Gasteiger partial charge in [-0.3, -0.25) is 0 Å². The van der Waals surface area contributed by atoms with Crippen molar-refractivity contribution in [1.82, 2.24) is 0 Å². The molecule has 2 nitrogen and oxygen atoms in total. The molecule has 0 atom stereocenters. The van der Waals surface area contributed by atoms with E-state index in [0.717, 1.165) is 61.3 Å². The maximum atomic E-state index is 6.93. The van der Waals surface area contributed by atoms with Gasteiger partial charge in [0.15, 0.2) is 0 Å². The van der Waals surface area contributed by atoms with Crippen LogP contribution in [0.5, 0.6) is 0 Å². The standard InChI is InChI=1S/C59H39NO/c1-4-20-41(21-5-1)47-29-16-30-49-57-54(35-18-36-55(57)61-58(47)49)60(52-33-15-13-27-46(52)43-38-37-40-19-10-11-22-42(40)39-43)53-34-17-32-51-56(53)48-28-12-14-31-50(48)59(51,44-23-6-2-7-24-44)45-25-8-3-9-26-45/h1-39H. The van der Waals surface area contributed by atoms with Gasteiger partial charge in [0.2, 0.25) is 0 Å². The summed E-state index contributed by atoms with van der Waals surface area (Å²) < 4.78 is 6.93. The summed E-state index contributed by atoms with van der Waals surface area (Å²) in [5, 5.41) is 4.59. The van der Waals surface area contributed by atoms with Crippen molar-refractivity contribution in [2.75, 3.05) is 4.90 Å². The largest absolute Gasteiger partial charge is 0.455 e. The van der Waals surface area contributed by atoms with Crippen molar-refractivity contribution in [1.29, 1.82) is 0 Å². The highest BCUT2D eigenvalue weighted by molar-refractivity contribution is 6.17. The smallest absolute Gasteiger partial charge is 0.143 e. The Bertz CT molecular complexity index is 3380. The Balaban J connectivity index is 1.20. The predicted octanol–water partition coefficient (Wildman–Crippen LogP) is 15.9. The van der Waals surface area contributed by atoms with Crippen molar-refractivity contribution in [2.45, 2.75) is 5.41 Å². The van der Waals surface area contributed by atoms with Crippen molar-refractivity contribution >= 4 is 49.8 Å². The quantitative estimate of drug-likeness (QED) is 0.160. The third-order valence-electron chi connectivity index (χ3n) is 12.7. The minimum atomic E-state index is -0.549. The lowest BCUT2D eigenvalue weighted by molar-refractivity contribution is 0.670. The average molecular weight is 778 g/mol. The molecule has 286 valence electrons. The molecule has 2 heteroatoms. The van der Waals surface area contributed by atoms with Crippen LogP contribution in [0.25, 0.3) is 66.1 Å². The Morgan fingerprint density at radius 2 is 0.934 bits per heavy atom. The Morgan fingerprint density at radius 1 is 0.361 bits per heavy atom. The highest BCUT2D eigenvalue weighted by Crippen LogP contribution is 2.60. The Kier molecular flexibility index (Phi) is 8.11. The number of benzene rings is 10. The van der Waals surface area contributed by atoms with Crippen LogP contribution in [0.3, 0.4) is 0 Å². The second-order valence-electron chi connectivity index (χ2n) is 15.9. The molecule has 0 saturated heterocycles. The van der Waals surface area contributed by atoms with Crippen LogP contribution in [0.15, 0.2) is 241 Å². The summed E-state index contributed by atoms with van der Waals surface area (Å²) in [5.41, 5.74) is 16.4. The molecule has 10 aromatic carbocycles. The molecule has 0 unspecified atom stereocenters. The fourth-order valence-electron chi connectivity index (χ4n) is 10.2. The summed E-state index contributed by atoms with van der Waals surface area (Å²) in [5.74, 6) is 0. The van der Waals surface area contributed by atoms with Gasteiger partial charge < -0.3 is 9.32 Å². The molecule has 12 rings (SSSR count). The van der Waals surface area contributed by atoms with E-state index in [1.54, 1.807) is 0 Å². The molecule has 0 aliphatic heterocycles. The maximum Gasteiger partial charge on any atom is 0.143 e. The highest BCUT2D eigenvalue weighted by atomic mass is 16.3. The average Bonchev–Trinajstić information content (AvgIpc) is 3.88. The number of para-hydroxylation sites is 2. The first-order chi connectivity index (χ1) is 30.3. The van der Waals surface area contributed by atoms with Crippen LogP contribution in [0, 0.1) is 0 Å². The van der Waals surface area contributed by atoms with E-state index in [4.69, 9.17) is 4.42 Å². The molecule has 0 bridgehead atoms. The lowest BCUT2D eigenvalue weighted by Gasteiger charge is -2.34. The zero-order chi connectivity index (χ0) is 40.3. The van der Waals surface area contributed by atoms with Gasteiger partial charge in [-0.25, -0.2) is 0 Å². The fraction of sp³-hybridized carbons (Fsp3) is 0.0169. The van der Waals surface area contributed by atoms with Crippen LogP contribution in [0.4, 0.5) is 17.1 Å². The third kappa shape index (κ3) is 5.36. The number of furan rings is 1. The van der Waals surface area contributed by atoms with Gasteiger partial charge in [0.1, 0.15) is 11.2 Å². The highest BCUT2D eigenvalue weighted by Gasteiger charge is 2.47. The van der Waals surface area contributed by atoms with E-state index < -0.39 is 5.41 Å². The number of rotatable bonds is 7. The molecule has 0 N–H and O–H groups in total. The summed E-state index contributed by atoms with van der Waals surface area (Å²) in [6.45, 7) is 0. The second-order valence-corrected chi connectivity index (χ2v) is 15.9. The van der Waals surface area contributed by atoms with Gasteiger partial charge >= 0.3 is 0 Å². The SMILES string of the molecule is c1ccc(-c2cccc3c2oc2cccc(N(c4ccccc4-c4ccc5ccccc5c4)c4cccc5c4-c4ccccc4C5(c4ccccc4)c4ccccc4)c23)cc1. The van der Waals surface area contributed by atoms with Crippen LogP contribution in [-0.4, -0.2) is 0 Å². The minimum absolute atomic E-state index is 0.549. The number of fused-ring (bicyclic) bond motifs is 7. The van der Waals surface area contributed by atoms with E-state index in [2.05, 4.69) is 241 Å². The molecule has 1 aromatic heterocycles. The number of anilines is 3. The van der Waals surface area contributed by atoms with Crippen LogP contribution < -0.4 is 4.90 Å². The summed E-state index contributed by atoms with van der Waals surface area (Å²) in [6, 6.07) is 86.0. The van der Waals surface area contributed by atoms with Gasteiger partial charge in [-0.15, -0.1) is 0 Å². The normalized spacial score (nSPS) is 12.7. The predicted molar refractivity (Wildman–Crippen MR) is 254 cm³/mol. The summed E-state index contributed by atoms with van der Waals surface area (Å²) in [7, 11) is 0. The van der Waals surface area contributed by atoms with E-state index in [9.17, 15) is 0 Å². The zero-order valence-corrected chi connectivity index (χ0v) is 33.4. The van der Waals surface area contributed by atoms with Gasteiger partial charge in [-0.1, -0.05) is 206 Å². The van der Waals surface area contributed by atoms with Crippen molar-refractivity contribution in [3.05, 3.63) is 259 Å². The van der Waals surface area contributed by atoms with Crippen molar-refractivity contribution in [3.8, 4) is 33.4 Å². The van der Waals surface area contributed by atoms with Crippen LogP contribution >= 0.6 is 0 Å². The summed E-state index contributed by atoms with van der Waals surface area (Å²) in [4.78, 5) is 2.51. The molecule has 11 aromatic rings. The van der Waals surface area contributed by atoms with Crippen molar-refractivity contribution < 1.29 is 4.42 Å². The molecule has 0 spiro atoms. The maximum absolute atomic E-state index is 6.93. The minimum Gasteiger partial charge on any atom is -0.455 e.